The highest BCUT2D eigenvalue weighted by Gasteiger charge is 2.39. The molecule has 0 bridgehead atoms. The molecule has 0 aliphatic carbocycles. The van der Waals surface area contributed by atoms with E-state index in [1.54, 1.807) is 0 Å². The maximum Gasteiger partial charge on any atom is 0.0867 e. The molecular weight excluding hydrogens is 488 g/mol. The van der Waals surface area contributed by atoms with Gasteiger partial charge in [0.15, 0.2) is 0 Å². The molecule has 156 valence electrons. The van der Waals surface area contributed by atoms with Crippen LogP contribution in [-0.2, 0) is 11.8 Å². The van der Waals surface area contributed by atoms with Crippen molar-refractivity contribution in [2.45, 2.75) is 57.9 Å². The van der Waals surface area contributed by atoms with Gasteiger partial charge in [-0.05, 0) is 56.3 Å². The number of hydrogen-bond donors (Lipinski definition) is 0. The lowest BCUT2D eigenvalue weighted by Crippen LogP contribution is -2.37. The van der Waals surface area contributed by atoms with Crippen LogP contribution in [0.1, 0.15) is 51.2 Å². The fourth-order valence-electron chi connectivity index (χ4n) is 4.13. The number of hydrogen-bond acceptors (Lipinski definition) is 2. The van der Waals surface area contributed by atoms with Gasteiger partial charge in [0.25, 0.3) is 0 Å². The van der Waals surface area contributed by atoms with Gasteiger partial charge in [-0.2, -0.15) is 5.26 Å². The van der Waals surface area contributed by atoms with Gasteiger partial charge in [-0.25, -0.2) is 0 Å². The fourth-order valence-corrected chi connectivity index (χ4v) is 5.84. The fraction of sp³-hybridized carbons (Fsp3) is 0.480. The van der Waals surface area contributed by atoms with E-state index >= 15 is 0 Å². The molecule has 2 atom stereocenters. The SMILES string of the molecule is CCC(CCC(C#N)(c1c(Br)cccc1Br)C(C)C)N(C)CCc1ccccc1. The van der Waals surface area contributed by atoms with E-state index in [0.717, 1.165) is 46.7 Å². The van der Waals surface area contributed by atoms with Crippen LogP contribution < -0.4 is 0 Å². The molecule has 0 aromatic heterocycles. The largest absolute Gasteiger partial charge is 0.303 e. The molecule has 2 aromatic rings. The third-order valence-electron chi connectivity index (χ3n) is 6.16. The van der Waals surface area contributed by atoms with Crippen molar-refractivity contribution < 1.29 is 0 Å². The van der Waals surface area contributed by atoms with E-state index in [0.29, 0.717) is 6.04 Å². The molecular formula is C25H32Br2N2. The highest BCUT2D eigenvalue weighted by molar-refractivity contribution is 9.11. The van der Waals surface area contributed by atoms with Crippen molar-refractivity contribution in [1.82, 2.24) is 4.90 Å². The molecule has 0 aliphatic heterocycles. The first-order valence-corrected chi connectivity index (χ1v) is 12.0. The van der Waals surface area contributed by atoms with Gasteiger partial charge >= 0.3 is 0 Å². The number of halogens is 2. The van der Waals surface area contributed by atoms with Crippen LogP contribution in [0, 0.1) is 17.2 Å². The second-order valence-corrected chi connectivity index (χ2v) is 9.86. The highest BCUT2D eigenvalue weighted by atomic mass is 79.9. The Morgan fingerprint density at radius 1 is 1.03 bits per heavy atom. The molecule has 0 saturated heterocycles. The smallest absolute Gasteiger partial charge is 0.0867 e. The lowest BCUT2D eigenvalue weighted by atomic mass is 9.69. The van der Waals surface area contributed by atoms with Gasteiger partial charge in [-0.15, -0.1) is 0 Å². The Morgan fingerprint density at radius 3 is 2.17 bits per heavy atom. The minimum absolute atomic E-state index is 0.217. The number of rotatable bonds is 10. The van der Waals surface area contributed by atoms with Crippen LogP contribution in [0.5, 0.6) is 0 Å². The van der Waals surface area contributed by atoms with E-state index in [2.05, 4.69) is 101 Å². The Morgan fingerprint density at radius 2 is 1.66 bits per heavy atom. The number of nitriles is 1. The minimum atomic E-state index is -0.521. The van der Waals surface area contributed by atoms with Gasteiger partial charge < -0.3 is 4.90 Å². The summed E-state index contributed by atoms with van der Waals surface area (Å²) in [5.74, 6) is 0.217. The van der Waals surface area contributed by atoms with E-state index < -0.39 is 5.41 Å². The Bertz CT molecular complexity index is 793. The first kappa shape index (κ1) is 24.1. The van der Waals surface area contributed by atoms with Crippen molar-refractivity contribution in [3.8, 4) is 6.07 Å². The topological polar surface area (TPSA) is 27.0 Å². The second-order valence-electron chi connectivity index (χ2n) is 8.15. The van der Waals surface area contributed by atoms with E-state index in [1.807, 2.05) is 18.2 Å². The molecule has 0 N–H and O–H groups in total. The summed E-state index contributed by atoms with van der Waals surface area (Å²) < 4.78 is 2.01. The van der Waals surface area contributed by atoms with Crippen molar-refractivity contribution in [1.29, 1.82) is 5.26 Å². The predicted octanol–water partition coefficient (Wildman–Crippen LogP) is 7.36. The summed E-state index contributed by atoms with van der Waals surface area (Å²) >= 11 is 7.41. The Balaban J connectivity index is 2.15. The summed E-state index contributed by atoms with van der Waals surface area (Å²) in [4.78, 5) is 2.46. The van der Waals surface area contributed by atoms with Gasteiger partial charge in [0, 0.05) is 27.1 Å². The molecule has 0 saturated carbocycles. The first-order valence-electron chi connectivity index (χ1n) is 10.5. The van der Waals surface area contributed by atoms with Crippen molar-refractivity contribution >= 4 is 31.9 Å². The van der Waals surface area contributed by atoms with Crippen LogP contribution in [0.15, 0.2) is 57.5 Å². The molecule has 2 aromatic carbocycles. The van der Waals surface area contributed by atoms with Gasteiger partial charge in [-0.3, -0.25) is 0 Å². The average molecular weight is 520 g/mol. The van der Waals surface area contributed by atoms with Crippen LogP contribution in [0.2, 0.25) is 0 Å². The average Bonchev–Trinajstić information content (AvgIpc) is 2.71. The maximum absolute atomic E-state index is 10.3. The molecule has 4 heteroatoms. The van der Waals surface area contributed by atoms with E-state index in [1.165, 1.54) is 5.56 Å². The van der Waals surface area contributed by atoms with Crippen LogP contribution in [-0.4, -0.2) is 24.5 Å². The third-order valence-corrected chi connectivity index (χ3v) is 7.48. The lowest BCUT2D eigenvalue weighted by molar-refractivity contribution is 0.205. The molecule has 0 amide bonds. The molecule has 29 heavy (non-hydrogen) atoms. The number of likely N-dealkylation sites (N-methyl/N-ethyl adjacent to an activating group) is 1. The molecule has 0 aliphatic rings. The second kappa shape index (κ2) is 11.3. The van der Waals surface area contributed by atoms with Crippen molar-refractivity contribution in [3.63, 3.8) is 0 Å². The molecule has 0 spiro atoms. The molecule has 2 unspecified atom stereocenters. The van der Waals surface area contributed by atoms with Crippen LogP contribution in [0.3, 0.4) is 0 Å². The van der Waals surface area contributed by atoms with Gasteiger partial charge in [0.05, 0.1) is 11.5 Å². The summed E-state index contributed by atoms with van der Waals surface area (Å²) in [6.07, 6.45) is 3.98. The van der Waals surface area contributed by atoms with Crippen LogP contribution >= 0.6 is 31.9 Å². The quantitative estimate of drug-likeness (QED) is 0.327. The predicted molar refractivity (Wildman–Crippen MR) is 130 cm³/mol. The summed E-state index contributed by atoms with van der Waals surface area (Å²) in [5, 5.41) is 10.3. The van der Waals surface area contributed by atoms with Gasteiger partial charge in [0.2, 0.25) is 0 Å². The summed E-state index contributed by atoms with van der Waals surface area (Å²) in [6.45, 7) is 7.61. The summed E-state index contributed by atoms with van der Waals surface area (Å²) in [5.41, 5.74) is 1.94. The monoisotopic (exact) mass is 518 g/mol. The zero-order chi connectivity index (χ0) is 21.4. The molecule has 2 nitrogen and oxygen atoms in total. The third kappa shape index (κ3) is 5.94. The standard InChI is InChI=1S/C25H32Br2N2/c1-5-21(29(4)17-15-20-10-7-6-8-11-20)14-16-25(18-28,19(2)3)24-22(26)12-9-13-23(24)27/h6-13,19,21H,5,14-17H2,1-4H3. The molecule has 2 rings (SSSR count). The number of benzene rings is 2. The molecule has 0 radical (unpaired) electrons. The Kier molecular flexibility index (Phi) is 9.40. The van der Waals surface area contributed by atoms with Crippen molar-refractivity contribution in [2.75, 3.05) is 13.6 Å². The van der Waals surface area contributed by atoms with E-state index in [9.17, 15) is 5.26 Å². The molecule has 0 fully saturated rings. The normalized spacial score (nSPS) is 14.6. The Labute approximate surface area is 193 Å². The maximum atomic E-state index is 10.3. The minimum Gasteiger partial charge on any atom is -0.303 e. The summed E-state index contributed by atoms with van der Waals surface area (Å²) in [6, 6.07) is 19.9. The summed E-state index contributed by atoms with van der Waals surface area (Å²) in [7, 11) is 2.22. The van der Waals surface area contributed by atoms with E-state index in [-0.39, 0.29) is 5.92 Å². The van der Waals surface area contributed by atoms with Gasteiger partial charge in [-0.1, -0.05) is 89.0 Å². The Hall–Kier alpha value is -1.15. The van der Waals surface area contributed by atoms with Gasteiger partial charge in [0.1, 0.15) is 0 Å². The zero-order valence-corrected chi connectivity index (χ0v) is 21.1. The van der Waals surface area contributed by atoms with Crippen LogP contribution in [0.4, 0.5) is 0 Å². The highest BCUT2D eigenvalue weighted by Crippen LogP contribution is 2.44. The number of nitrogens with zero attached hydrogens (tertiary/aromatic N) is 2. The molecule has 0 heterocycles. The van der Waals surface area contributed by atoms with E-state index in [4.69, 9.17) is 0 Å². The van der Waals surface area contributed by atoms with Crippen LogP contribution in [0.25, 0.3) is 0 Å². The first-order chi connectivity index (χ1) is 13.9. The van der Waals surface area contributed by atoms with Crippen molar-refractivity contribution in [2.24, 2.45) is 5.92 Å². The van der Waals surface area contributed by atoms with Crippen molar-refractivity contribution in [3.05, 3.63) is 68.6 Å². The lowest BCUT2D eigenvalue weighted by Gasteiger charge is -2.36. The zero-order valence-electron chi connectivity index (χ0n) is 18.0.